The quantitative estimate of drug-likeness (QED) is 0.783. The molecule has 2 aliphatic rings. The second-order valence-corrected chi connectivity index (χ2v) is 6.13. The highest BCUT2D eigenvalue weighted by Crippen LogP contribution is 2.38. The molecule has 1 aromatic heterocycles. The summed E-state index contributed by atoms with van der Waals surface area (Å²) in [5.74, 6) is 0.911. The van der Waals surface area contributed by atoms with Crippen molar-refractivity contribution < 1.29 is 4.79 Å². The molecule has 0 bridgehead atoms. The number of amides is 1. The van der Waals surface area contributed by atoms with Crippen molar-refractivity contribution in [2.75, 3.05) is 37.6 Å². The van der Waals surface area contributed by atoms with Crippen LogP contribution in [-0.4, -0.2) is 54.1 Å². The summed E-state index contributed by atoms with van der Waals surface area (Å²) in [6.45, 7) is 4.14. The number of anilines is 1. The Balaban J connectivity index is 1.57. The Bertz CT molecular complexity index is 496. The van der Waals surface area contributed by atoms with Crippen molar-refractivity contribution in [3.63, 3.8) is 0 Å². The third kappa shape index (κ3) is 3.01. The van der Waals surface area contributed by atoms with E-state index < -0.39 is 5.54 Å². The van der Waals surface area contributed by atoms with Crippen LogP contribution >= 0.6 is 0 Å². The minimum atomic E-state index is -0.854. The predicted molar refractivity (Wildman–Crippen MR) is 81.7 cm³/mol. The number of hydrogen-bond donors (Lipinski definition) is 2. The van der Waals surface area contributed by atoms with Crippen LogP contribution in [-0.2, 0) is 4.79 Å². The van der Waals surface area contributed by atoms with Crippen LogP contribution in [0.15, 0.2) is 24.4 Å². The number of carbonyl (C=O) groups is 1. The number of pyridine rings is 1. The van der Waals surface area contributed by atoms with Crippen LogP contribution in [0.1, 0.15) is 12.8 Å². The van der Waals surface area contributed by atoms with Crippen LogP contribution in [0.2, 0.25) is 0 Å². The lowest BCUT2D eigenvalue weighted by atomic mass is 9.92. The van der Waals surface area contributed by atoms with Gasteiger partial charge in [-0.2, -0.15) is 0 Å². The third-order valence-corrected chi connectivity index (χ3v) is 4.60. The van der Waals surface area contributed by atoms with Crippen LogP contribution in [0.5, 0.6) is 0 Å². The van der Waals surface area contributed by atoms with E-state index in [1.807, 2.05) is 24.4 Å². The molecule has 114 valence electrons. The number of rotatable bonds is 5. The predicted octanol–water partition coefficient (Wildman–Crippen LogP) is -0.204. The summed E-state index contributed by atoms with van der Waals surface area (Å²) < 4.78 is 0. The van der Waals surface area contributed by atoms with Gasteiger partial charge in [-0.15, -0.1) is 0 Å². The van der Waals surface area contributed by atoms with Crippen LogP contribution in [0.25, 0.3) is 0 Å². The fourth-order valence-electron chi connectivity index (χ4n) is 3.05. The van der Waals surface area contributed by atoms with E-state index >= 15 is 0 Å². The monoisotopic (exact) mass is 289 g/mol. The van der Waals surface area contributed by atoms with Gasteiger partial charge in [-0.25, -0.2) is 4.98 Å². The highest BCUT2D eigenvalue weighted by Gasteiger charge is 2.47. The van der Waals surface area contributed by atoms with E-state index in [0.717, 1.165) is 44.8 Å². The van der Waals surface area contributed by atoms with E-state index in [4.69, 9.17) is 11.5 Å². The number of hydrogen-bond acceptors (Lipinski definition) is 5. The molecule has 6 nitrogen and oxygen atoms in total. The number of carbonyl (C=O) groups excluding carboxylic acids is 1. The fraction of sp³-hybridized carbons (Fsp3) is 0.600. The molecule has 4 N–H and O–H groups in total. The van der Waals surface area contributed by atoms with Gasteiger partial charge in [0.25, 0.3) is 0 Å². The van der Waals surface area contributed by atoms with Gasteiger partial charge in [0.1, 0.15) is 11.4 Å². The zero-order valence-corrected chi connectivity index (χ0v) is 12.2. The second kappa shape index (κ2) is 5.61. The van der Waals surface area contributed by atoms with Crippen molar-refractivity contribution >= 4 is 11.7 Å². The van der Waals surface area contributed by atoms with Gasteiger partial charge < -0.3 is 16.4 Å². The van der Waals surface area contributed by atoms with Crippen molar-refractivity contribution in [2.24, 2.45) is 17.4 Å². The molecule has 1 aromatic rings. The van der Waals surface area contributed by atoms with Gasteiger partial charge in [-0.05, 0) is 30.9 Å². The standard InChI is InChI=1S/C15H23N5O/c16-14(21)15(17,12-4-5-12)11-19-7-9-20(10-8-19)13-3-1-2-6-18-13/h1-3,6,12H,4-5,7-11,17H2,(H2,16,21). The Hall–Kier alpha value is -1.66. The van der Waals surface area contributed by atoms with Crippen molar-refractivity contribution in [1.29, 1.82) is 0 Å². The minimum absolute atomic E-state index is 0.267. The Morgan fingerprint density at radius 3 is 2.52 bits per heavy atom. The lowest BCUT2D eigenvalue weighted by Crippen LogP contribution is -2.62. The molecule has 1 saturated carbocycles. The maximum Gasteiger partial charge on any atom is 0.239 e. The summed E-state index contributed by atoms with van der Waals surface area (Å²) in [6.07, 6.45) is 3.85. The van der Waals surface area contributed by atoms with Crippen molar-refractivity contribution in [2.45, 2.75) is 18.4 Å². The molecule has 0 spiro atoms. The first-order valence-corrected chi connectivity index (χ1v) is 7.57. The molecule has 3 rings (SSSR count). The number of nitrogens with zero attached hydrogens (tertiary/aromatic N) is 3. The molecule has 21 heavy (non-hydrogen) atoms. The SMILES string of the molecule is NC(=O)C(N)(CN1CCN(c2ccccn2)CC1)C1CC1. The zero-order valence-electron chi connectivity index (χ0n) is 12.2. The Morgan fingerprint density at radius 2 is 2.00 bits per heavy atom. The molecule has 2 fully saturated rings. The average molecular weight is 289 g/mol. The van der Waals surface area contributed by atoms with Gasteiger partial charge in [-0.3, -0.25) is 9.69 Å². The maximum atomic E-state index is 11.7. The molecule has 1 saturated heterocycles. The first kappa shape index (κ1) is 14.3. The molecule has 2 heterocycles. The zero-order chi connectivity index (χ0) is 14.9. The van der Waals surface area contributed by atoms with E-state index in [2.05, 4.69) is 14.8 Å². The molecule has 1 aliphatic carbocycles. The molecular weight excluding hydrogens is 266 g/mol. The van der Waals surface area contributed by atoms with E-state index in [9.17, 15) is 4.79 Å². The van der Waals surface area contributed by atoms with Crippen molar-refractivity contribution in [1.82, 2.24) is 9.88 Å². The Morgan fingerprint density at radius 1 is 1.29 bits per heavy atom. The largest absolute Gasteiger partial charge is 0.368 e. The summed E-state index contributed by atoms with van der Waals surface area (Å²) in [6, 6.07) is 5.95. The molecule has 6 heteroatoms. The smallest absolute Gasteiger partial charge is 0.239 e. The summed E-state index contributed by atoms with van der Waals surface area (Å²) in [5.41, 5.74) is 11.0. The average Bonchev–Trinajstić information content (AvgIpc) is 3.34. The molecule has 1 amide bonds. The normalized spacial score (nSPS) is 22.8. The molecule has 1 unspecified atom stereocenters. The van der Waals surface area contributed by atoms with Gasteiger partial charge in [0.05, 0.1) is 0 Å². The molecule has 1 aliphatic heterocycles. The lowest BCUT2D eigenvalue weighted by Gasteiger charge is -2.39. The van der Waals surface area contributed by atoms with Gasteiger partial charge >= 0.3 is 0 Å². The molecular formula is C15H23N5O. The van der Waals surface area contributed by atoms with Crippen LogP contribution in [0.3, 0.4) is 0 Å². The Labute approximate surface area is 125 Å². The Kier molecular flexibility index (Phi) is 3.82. The maximum absolute atomic E-state index is 11.7. The minimum Gasteiger partial charge on any atom is -0.368 e. The fourth-order valence-corrected chi connectivity index (χ4v) is 3.05. The van der Waals surface area contributed by atoms with Gasteiger partial charge in [0, 0.05) is 38.9 Å². The number of nitrogens with two attached hydrogens (primary N) is 2. The third-order valence-electron chi connectivity index (χ3n) is 4.60. The van der Waals surface area contributed by atoms with E-state index in [1.54, 1.807) is 0 Å². The van der Waals surface area contributed by atoms with E-state index in [1.165, 1.54) is 0 Å². The molecule has 0 aromatic carbocycles. The van der Waals surface area contributed by atoms with E-state index in [0.29, 0.717) is 6.54 Å². The highest BCUT2D eigenvalue weighted by atomic mass is 16.1. The number of piperazine rings is 1. The second-order valence-electron chi connectivity index (χ2n) is 6.13. The molecule has 1 atom stereocenters. The van der Waals surface area contributed by atoms with Gasteiger partial charge in [0.15, 0.2) is 0 Å². The first-order chi connectivity index (χ1) is 10.1. The van der Waals surface area contributed by atoms with Gasteiger partial charge in [0.2, 0.25) is 5.91 Å². The summed E-state index contributed by atoms with van der Waals surface area (Å²) >= 11 is 0. The molecule has 0 radical (unpaired) electrons. The van der Waals surface area contributed by atoms with Gasteiger partial charge in [-0.1, -0.05) is 6.07 Å². The summed E-state index contributed by atoms with van der Waals surface area (Å²) in [4.78, 5) is 20.6. The summed E-state index contributed by atoms with van der Waals surface area (Å²) in [7, 11) is 0. The van der Waals surface area contributed by atoms with Crippen LogP contribution in [0, 0.1) is 5.92 Å². The number of aromatic nitrogens is 1. The van der Waals surface area contributed by atoms with E-state index in [-0.39, 0.29) is 11.8 Å². The van der Waals surface area contributed by atoms with Crippen molar-refractivity contribution in [3.8, 4) is 0 Å². The van der Waals surface area contributed by atoms with Crippen molar-refractivity contribution in [3.05, 3.63) is 24.4 Å². The van der Waals surface area contributed by atoms with Crippen LogP contribution in [0.4, 0.5) is 5.82 Å². The first-order valence-electron chi connectivity index (χ1n) is 7.57. The lowest BCUT2D eigenvalue weighted by molar-refractivity contribution is -0.124. The van der Waals surface area contributed by atoms with Crippen LogP contribution < -0.4 is 16.4 Å². The topological polar surface area (TPSA) is 88.5 Å². The number of primary amides is 1. The highest BCUT2D eigenvalue weighted by molar-refractivity contribution is 5.85. The summed E-state index contributed by atoms with van der Waals surface area (Å²) in [5, 5.41) is 0.